The van der Waals surface area contributed by atoms with Crippen LogP contribution in [0, 0.1) is 12.3 Å². The Kier molecular flexibility index (Phi) is 7.99. The topological polar surface area (TPSA) is 75.7 Å². The van der Waals surface area contributed by atoms with Crippen molar-refractivity contribution in [2.75, 3.05) is 17.5 Å². The second-order valence-electron chi connectivity index (χ2n) is 9.92. The van der Waals surface area contributed by atoms with Crippen molar-refractivity contribution in [3.63, 3.8) is 0 Å². The minimum absolute atomic E-state index is 0.0134. The van der Waals surface area contributed by atoms with E-state index in [-0.39, 0.29) is 22.8 Å². The summed E-state index contributed by atoms with van der Waals surface area (Å²) >= 11 is 0. The van der Waals surface area contributed by atoms with E-state index in [0.29, 0.717) is 18.0 Å². The highest BCUT2D eigenvalue weighted by Crippen LogP contribution is 2.28. The van der Waals surface area contributed by atoms with E-state index in [4.69, 9.17) is 4.74 Å². The van der Waals surface area contributed by atoms with E-state index in [1.54, 1.807) is 48.5 Å². The van der Waals surface area contributed by atoms with Gasteiger partial charge in [0.25, 0.3) is 10.0 Å². The van der Waals surface area contributed by atoms with Gasteiger partial charge in [0.1, 0.15) is 12.3 Å². The van der Waals surface area contributed by atoms with Crippen molar-refractivity contribution in [2.45, 2.75) is 65.3 Å². The fourth-order valence-corrected chi connectivity index (χ4v) is 5.37. The van der Waals surface area contributed by atoms with Crippen LogP contribution < -0.4 is 14.4 Å². The highest BCUT2D eigenvalue weighted by molar-refractivity contribution is 7.92. The molecule has 6 nitrogen and oxygen atoms in total. The highest BCUT2D eigenvalue weighted by atomic mass is 32.2. The fourth-order valence-electron chi connectivity index (χ4n) is 3.95. The first kappa shape index (κ1) is 25.7. The molecule has 2 aromatic rings. The molecule has 0 heterocycles. The Morgan fingerprint density at radius 1 is 0.969 bits per heavy atom. The smallest absolute Gasteiger partial charge is 0.264 e. The first-order valence-corrected chi connectivity index (χ1v) is 12.3. The van der Waals surface area contributed by atoms with Crippen LogP contribution in [0.4, 0.5) is 5.69 Å². The standard InChI is InChI=1S/C25H36N2O4S/c1-8-31-21-13-11-20(12-14-21)27(32(29,30)22-15-9-19(2)10-16-22)17-23(28)26-25(6,7)18-24(3,4)5/h9-16H,8,17-18H2,1-7H3,(H,26,28). The van der Waals surface area contributed by atoms with Crippen LogP contribution in [0.5, 0.6) is 5.75 Å². The summed E-state index contributed by atoms with van der Waals surface area (Å²) in [5, 5.41) is 3.01. The molecule has 1 N–H and O–H groups in total. The zero-order valence-electron chi connectivity index (χ0n) is 20.2. The summed E-state index contributed by atoms with van der Waals surface area (Å²) in [6, 6.07) is 13.3. The van der Waals surface area contributed by atoms with Gasteiger partial charge in [-0.2, -0.15) is 0 Å². The van der Waals surface area contributed by atoms with E-state index in [1.165, 1.54) is 0 Å². The van der Waals surface area contributed by atoms with Gasteiger partial charge in [0.05, 0.1) is 17.2 Å². The maximum absolute atomic E-state index is 13.5. The molecule has 7 heteroatoms. The van der Waals surface area contributed by atoms with Crippen molar-refractivity contribution in [1.29, 1.82) is 0 Å². The van der Waals surface area contributed by atoms with E-state index >= 15 is 0 Å². The molecule has 0 fully saturated rings. The summed E-state index contributed by atoms with van der Waals surface area (Å²) < 4.78 is 33.6. The number of carbonyl (C=O) groups excluding carboxylic acids is 1. The quantitative estimate of drug-likeness (QED) is 0.576. The monoisotopic (exact) mass is 460 g/mol. The Morgan fingerprint density at radius 2 is 1.53 bits per heavy atom. The molecular weight excluding hydrogens is 424 g/mol. The summed E-state index contributed by atoms with van der Waals surface area (Å²) in [7, 11) is -3.95. The van der Waals surface area contributed by atoms with Gasteiger partial charge in [0.2, 0.25) is 5.91 Å². The first-order valence-electron chi connectivity index (χ1n) is 10.9. The van der Waals surface area contributed by atoms with Crippen LogP contribution in [0.1, 0.15) is 53.5 Å². The Labute approximate surface area is 193 Å². The van der Waals surface area contributed by atoms with E-state index < -0.39 is 15.6 Å². The van der Waals surface area contributed by atoms with Gasteiger partial charge >= 0.3 is 0 Å². The third kappa shape index (κ3) is 7.26. The predicted molar refractivity (Wildman–Crippen MR) is 130 cm³/mol. The van der Waals surface area contributed by atoms with Gasteiger partial charge in [-0.15, -0.1) is 0 Å². The molecule has 0 spiro atoms. The summed E-state index contributed by atoms with van der Waals surface area (Å²) in [4.78, 5) is 13.1. The van der Waals surface area contributed by atoms with E-state index in [1.807, 2.05) is 27.7 Å². The molecule has 0 saturated carbocycles. The lowest BCUT2D eigenvalue weighted by molar-refractivity contribution is -0.121. The number of nitrogens with one attached hydrogen (secondary N) is 1. The number of rotatable bonds is 9. The number of ether oxygens (including phenoxy) is 1. The number of hydrogen-bond acceptors (Lipinski definition) is 4. The van der Waals surface area contributed by atoms with Crippen LogP contribution in [-0.2, 0) is 14.8 Å². The Bertz CT molecular complexity index is 1010. The summed E-state index contributed by atoms with van der Waals surface area (Å²) in [6.07, 6.45) is 0.750. The van der Waals surface area contributed by atoms with Gasteiger partial charge in [-0.05, 0) is 75.9 Å². The van der Waals surface area contributed by atoms with E-state index in [9.17, 15) is 13.2 Å². The van der Waals surface area contributed by atoms with Crippen molar-refractivity contribution in [1.82, 2.24) is 5.32 Å². The molecule has 0 aromatic heterocycles. The van der Waals surface area contributed by atoms with Gasteiger partial charge in [-0.25, -0.2) is 8.42 Å². The molecule has 0 aliphatic carbocycles. The average Bonchev–Trinajstić information content (AvgIpc) is 2.65. The number of sulfonamides is 1. The van der Waals surface area contributed by atoms with Crippen molar-refractivity contribution >= 4 is 21.6 Å². The van der Waals surface area contributed by atoms with Crippen molar-refractivity contribution in [3.05, 3.63) is 54.1 Å². The van der Waals surface area contributed by atoms with Crippen molar-refractivity contribution in [3.8, 4) is 5.75 Å². The molecule has 0 unspecified atom stereocenters. The maximum Gasteiger partial charge on any atom is 0.264 e. The Morgan fingerprint density at radius 3 is 2.03 bits per heavy atom. The van der Waals surface area contributed by atoms with Crippen LogP contribution in [0.25, 0.3) is 0 Å². The van der Waals surface area contributed by atoms with Crippen LogP contribution >= 0.6 is 0 Å². The average molecular weight is 461 g/mol. The zero-order chi connectivity index (χ0) is 24.2. The minimum atomic E-state index is -3.95. The molecule has 176 valence electrons. The fraction of sp³-hybridized carbons (Fsp3) is 0.480. The Balaban J connectivity index is 2.38. The number of benzene rings is 2. The van der Waals surface area contributed by atoms with Crippen LogP contribution in [0.2, 0.25) is 0 Å². The molecular formula is C25H36N2O4S. The van der Waals surface area contributed by atoms with Crippen molar-refractivity contribution < 1.29 is 17.9 Å². The summed E-state index contributed by atoms with van der Waals surface area (Å²) in [6.45, 7) is 14.2. The lowest BCUT2D eigenvalue weighted by Crippen LogP contribution is -2.50. The number of aryl methyl sites for hydroxylation is 1. The molecule has 0 saturated heterocycles. The third-order valence-electron chi connectivity index (χ3n) is 4.78. The number of nitrogens with zero attached hydrogens (tertiary/aromatic N) is 1. The van der Waals surface area contributed by atoms with Crippen LogP contribution in [0.3, 0.4) is 0 Å². The van der Waals surface area contributed by atoms with E-state index in [2.05, 4.69) is 26.1 Å². The maximum atomic E-state index is 13.5. The van der Waals surface area contributed by atoms with Gasteiger partial charge in [0.15, 0.2) is 0 Å². The second-order valence-corrected chi connectivity index (χ2v) is 11.8. The Hall–Kier alpha value is -2.54. The van der Waals surface area contributed by atoms with Gasteiger partial charge < -0.3 is 10.1 Å². The lowest BCUT2D eigenvalue weighted by atomic mass is 9.82. The second kappa shape index (κ2) is 9.94. The van der Waals surface area contributed by atoms with Crippen molar-refractivity contribution in [2.24, 2.45) is 5.41 Å². The van der Waals surface area contributed by atoms with Crippen LogP contribution in [-0.4, -0.2) is 33.0 Å². The molecule has 2 aromatic carbocycles. The number of anilines is 1. The molecule has 1 amide bonds. The van der Waals surface area contributed by atoms with E-state index in [0.717, 1.165) is 16.3 Å². The molecule has 0 aliphatic heterocycles. The summed E-state index contributed by atoms with van der Waals surface area (Å²) in [5.74, 6) is 0.281. The number of hydrogen-bond donors (Lipinski definition) is 1. The van der Waals surface area contributed by atoms with Gasteiger partial charge in [-0.3, -0.25) is 9.10 Å². The molecule has 0 atom stereocenters. The molecule has 0 bridgehead atoms. The predicted octanol–water partition coefficient (Wildman–Crippen LogP) is 4.92. The normalized spacial score (nSPS) is 12.3. The molecule has 0 radical (unpaired) electrons. The molecule has 0 aliphatic rings. The molecule has 2 rings (SSSR count). The highest BCUT2D eigenvalue weighted by Gasteiger charge is 2.31. The number of amides is 1. The van der Waals surface area contributed by atoms with Gasteiger partial charge in [0, 0.05) is 5.54 Å². The SMILES string of the molecule is CCOc1ccc(N(CC(=O)NC(C)(C)CC(C)(C)C)S(=O)(=O)c2ccc(C)cc2)cc1. The van der Waals surface area contributed by atoms with Gasteiger partial charge in [-0.1, -0.05) is 38.5 Å². The largest absolute Gasteiger partial charge is 0.494 e. The third-order valence-corrected chi connectivity index (χ3v) is 6.57. The molecule has 32 heavy (non-hydrogen) atoms. The lowest BCUT2D eigenvalue weighted by Gasteiger charge is -2.34. The summed E-state index contributed by atoms with van der Waals surface area (Å²) in [5.41, 5.74) is 0.892. The first-order chi connectivity index (χ1) is 14.7. The van der Waals surface area contributed by atoms with Crippen LogP contribution in [0.15, 0.2) is 53.4 Å². The minimum Gasteiger partial charge on any atom is -0.494 e. The number of carbonyl (C=O) groups is 1. The zero-order valence-corrected chi connectivity index (χ0v) is 21.0.